The van der Waals surface area contributed by atoms with Crippen LogP contribution in [0.25, 0.3) is 0 Å². The molecular formula is C17H26INO2. The van der Waals surface area contributed by atoms with Gasteiger partial charge in [-0.15, -0.1) is 0 Å². The van der Waals surface area contributed by atoms with Crippen molar-refractivity contribution in [3.8, 4) is 0 Å². The number of hydrogen-bond donors (Lipinski definition) is 0. The third kappa shape index (κ3) is 7.27. The normalized spacial score (nSPS) is 13.3. The van der Waals surface area contributed by atoms with E-state index in [2.05, 4.69) is 62.4 Å². The van der Waals surface area contributed by atoms with Crippen LogP contribution in [0, 0.1) is 14.9 Å². The van der Waals surface area contributed by atoms with Gasteiger partial charge in [-0.2, -0.15) is 0 Å². The molecule has 0 spiro atoms. The van der Waals surface area contributed by atoms with Gasteiger partial charge in [0.15, 0.2) is 0 Å². The maximum Gasteiger partial charge on any atom is 0.338 e. The average Bonchev–Trinajstić information content (AvgIpc) is 2.34. The van der Waals surface area contributed by atoms with Crippen LogP contribution >= 0.6 is 22.6 Å². The molecule has 1 unspecified atom stereocenters. The molecule has 0 aliphatic carbocycles. The SMILES string of the molecule is CC(COC(=O)c1ccc(I)cc1)CC(C)(C)CN(C)C. The lowest BCUT2D eigenvalue weighted by atomic mass is 9.83. The summed E-state index contributed by atoms with van der Waals surface area (Å²) in [4.78, 5) is 14.2. The monoisotopic (exact) mass is 403 g/mol. The molecule has 1 atom stereocenters. The van der Waals surface area contributed by atoms with Crippen molar-refractivity contribution in [3.63, 3.8) is 0 Å². The maximum absolute atomic E-state index is 12.0. The summed E-state index contributed by atoms with van der Waals surface area (Å²) < 4.78 is 6.54. The molecule has 0 aliphatic heterocycles. The highest BCUT2D eigenvalue weighted by atomic mass is 127. The van der Waals surface area contributed by atoms with Crippen molar-refractivity contribution in [1.29, 1.82) is 0 Å². The number of carbonyl (C=O) groups excluding carboxylic acids is 1. The topological polar surface area (TPSA) is 29.5 Å². The first-order valence-electron chi connectivity index (χ1n) is 7.27. The molecular weight excluding hydrogens is 377 g/mol. The Kier molecular flexibility index (Phi) is 7.13. The van der Waals surface area contributed by atoms with Crippen molar-refractivity contribution in [3.05, 3.63) is 33.4 Å². The highest BCUT2D eigenvalue weighted by Crippen LogP contribution is 2.26. The van der Waals surface area contributed by atoms with Crippen LogP contribution in [0.1, 0.15) is 37.6 Å². The van der Waals surface area contributed by atoms with E-state index in [1.807, 2.05) is 24.3 Å². The van der Waals surface area contributed by atoms with Crippen molar-refractivity contribution in [2.45, 2.75) is 27.2 Å². The lowest BCUT2D eigenvalue weighted by Crippen LogP contribution is -2.31. The Morgan fingerprint density at radius 3 is 2.38 bits per heavy atom. The van der Waals surface area contributed by atoms with Gasteiger partial charge in [-0.25, -0.2) is 4.79 Å². The van der Waals surface area contributed by atoms with Crippen LogP contribution in [0.15, 0.2) is 24.3 Å². The van der Waals surface area contributed by atoms with Crippen molar-refractivity contribution >= 4 is 28.6 Å². The van der Waals surface area contributed by atoms with E-state index in [4.69, 9.17) is 4.74 Å². The number of ether oxygens (including phenoxy) is 1. The molecule has 0 bridgehead atoms. The number of esters is 1. The number of carbonyl (C=O) groups is 1. The minimum absolute atomic E-state index is 0.220. The zero-order chi connectivity index (χ0) is 16.0. The van der Waals surface area contributed by atoms with Crippen molar-refractivity contribution in [1.82, 2.24) is 4.90 Å². The molecule has 0 amide bonds. The number of rotatable bonds is 7. The molecule has 0 radical (unpaired) electrons. The van der Waals surface area contributed by atoms with Crippen molar-refractivity contribution < 1.29 is 9.53 Å². The third-order valence-corrected chi connectivity index (χ3v) is 3.94. The standard InChI is InChI=1S/C17H26INO2/c1-13(10-17(2,3)12-19(4)5)11-21-16(20)14-6-8-15(18)9-7-14/h6-9,13H,10-12H2,1-5H3. The van der Waals surface area contributed by atoms with E-state index in [9.17, 15) is 4.79 Å². The zero-order valence-electron chi connectivity index (χ0n) is 13.6. The second-order valence-electron chi connectivity index (χ2n) is 6.82. The van der Waals surface area contributed by atoms with E-state index >= 15 is 0 Å². The predicted molar refractivity (Wildman–Crippen MR) is 95.6 cm³/mol. The van der Waals surface area contributed by atoms with E-state index in [1.165, 1.54) is 0 Å². The average molecular weight is 403 g/mol. The Morgan fingerprint density at radius 1 is 1.29 bits per heavy atom. The highest BCUT2D eigenvalue weighted by molar-refractivity contribution is 14.1. The Bertz CT molecular complexity index is 454. The predicted octanol–water partition coefficient (Wildman–Crippen LogP) is 4.06. The fraction of sp³-hybridized carbons (Fsp3) is 0.588. The van der Waals surface area contributed by atoms with E-state index < -0.39 is 0 Å². The maximum atomic E-state index is 12.0. The molecule has 0 N–H and O–H groups in total. The molecule has 4 heteroatoms. The van der Waals surface area contributed by atoms with Gasteiger partial charge >= 0.3 is 5.97 Å². The molecule has 1 aromatic carbocycles. The quantitative estimate of drug-likeness (QED) is 0.508. The van der Waals surface area contributed by atoms with E-state index in [0.29, 0.717) is 18.1 Å². The summed E-state index contributed by atoms with van der Waals surface area (Å²) >= 11 is 2.22. The van der Waals surface area contributed by atoms with Gasteiger partial charge in [-0.3, -0.25) is 0 Å². The molecule has 0 heterocycles. The van der Waals surface area contributed by atoms with Crippen LogP contribution in [0.3, 0.4) is 0 Å². The molecule has 0 saturated carbocycles. The minimum Gasteiger partial charge on any atom is -0.462 e. The summed E-state index contributed by atoms with van der Waals surface area (Å²) in [5.41, 5.74) is 0.841. The van der Waals surface area contributed by atoms with Crippen LogP contribution in [0.5, 0.6) is 0 Å². The van der Waals surface area contributed by atoms with Crippen LogP contribution in [0.4, 0.5) is 0 Å². The fourth-order valence-corrected chi connectivity index (χ4v) is 3.17. The van der Waals surface area contributed by atoms with Crippen LogP contribution < -0.4 is 0 Å². The third-order valence-electron chi connectivity index (χ3n) is 3.22. The van der Waals surface area contributed by atoms with Gasteiger partial charge in [0.2, 0.25) is 0 Å². The molecule has 0 fully saturated rings. The summed E-state index contributed by atoms with van der Waals surface area (Å²) in [5, 5.41) is 0. The van der Waals surface area contributed by atoms with E-state index in [1.54, 1.807) is 0 Å². The zero-order valence-corrected chi connectivity index (χ0v) is 15.8. The first kappa shape index (κ1) is 18.4. The van der Waals surface area contributed by atoms with Crippen LogP contribution in [-0.4, -0.2) is 38.1 Å². The van der Waals surface area contributed by atoms with Crippen molar-refractivity contribution in [2.24, 2.45) is 11.3 Å². The molecule has 0 aromatic heterocycles. The van der Waals surface area contributed by atoms with Gasteiger partial charge in [0.1, 0.15) is 0 Å². The Labute approximate surface area is 142 Å². The van der Waals surface area contributed by atoms with Gasteiger partial charge in [-0.05, 0) is 78.7 Å². The van der Waals surface area contributed by atoms with Crippen LogP contribution in [-0.2, 0) is 4.74 Å². The van der Waals surface area contributed by atoms with Gasteiger partial charge in [0.05, 0.1) is 12.2 Å². The van der Waals surface area contributed by atoms with Gasteiger partial charge < -0.3 is 9.64 Å². The second-order valence-corrected chi connectivity index (χ2v) is 8.06. The lowest BCUT2D eigenvalue weighted by molar-refractivity contribution is 0.0407. The van der Waals surface area contributed by atoms with E-state index in [-0.39, 0.29) is 11.4 Å². The summed E-state index contributed by atoms with van der Waals surface area (Å²) in [6.45, 7) is 8.15. The Hall–Kier alpha value is -0.620. The minimum atomic E-state index is -0.233. The molecule has 118 valence electrons. The molecule has 3 nitrogen and oxygen atoms in total. The first-order chi connectivity index (χ1) is 9.69. The number of benzene rings is 1. The van der Waals surface area contributed by atoms with Gasteiger partial charge in [-0.1, -0.05) is 20.8 Å². The fourth-order valence-electron chi connectivity index (χ4n) is 2.81. The second kappa shape index (κ2) is 8.13. The lowest BCUT2D eigenvalue weighted by Gasteiger charge is -2.30. The molecule has 1 rings (SSSR count). The smallest absolute Gasteiger partial charge is 0.338 e. The van der Waals surface area contributed by atoms with E-state index in [0.717, 1.165) is 16.5 Å². The molecule has 0 aliphatic rings. The molecule has 0 saturated heterocycles. The largest absolute Gasteiger partial charge is 0.462 e. The number of halogens is 1. The van der Waals surface area contributed by atoms with Gasteiger partial charge in [0.25, 0.3) is 0 Å². The Balaban J connectivity index is 2.43. The van der Waals surface area contributed by atoms with Crippen LogP contribution in [0.2, 0.25) is 0 Å². The molecule has 21 heavy (non-hydrogen) atoms. The summed E-state index contributed by atoms with van der Waals surface area (Å²) in [7, 11) is 4.17. The molecule has 1 aromatic rings. The number of hydrogen-bond acceptors (Lipinski definition) is 3. The number of nitrogens with zero attached hydrogens (tertiary/aromatic N) is 1. The summed E-state index contributed by atoms with van der Waals surface area (Å²) in [6.07, 6.45) is 1.03. The summed E-state index contributed by atoms with van der Waals surface area (Å²) in [5.74, 6) is 0.122. The van der Waals surface area contributed by atoms with Gasteiger partial charge in [0, 0.05) is 10.1 Å². The first-order valence-corrected chi connectivity index (χ1v) is 8.35. The highest BCUT2D eigenvalue weighted by Gasteiger charge is 2.22. The summed E-state index contributed by atoms with van der Waals surface area (Å²) in [6, 6.07) is 7.46. The van der Waals surface area contributed by atoms with Crippen molar-refractivity contribution in [2.75, 3.05) is 27.2 Å². The Morgan fingerprint density at radius 2 is 1.86 bits per heavy atom.